The maximum atomic E-state index is 10.0. The molecule has 1 aliphatic heterocycles. The number of hydrogen-bond acceptors (Lipinski definition) is 3. The van der Waals surface area contributed by atoms with Crippen molar-refractivity contribution in [3.63, 3.8) is 0 Å². The fraction of sp³-hybridized carbons (Fsp3) is 0.500. The molecule has 0 radical (unpaired) electrons. The highest BCUT2D eigenvalue weighted by atomic mass is 16.7. The van der Waals surface area contributed by atoms with E-state index in [0.29, 0.717) is 19.6 Å². The summed E-state index contributed by atoms with van der Waals surface area (Å²) < 4.78 is 11.3. The van der Waals surface area contributed by atoms with Gasteiger partial charge in [-0.1, -0.05) is 18.2 Å². The summed E-state index contributed by atoms with van der Waals surface area (Å²) in [5.74, 6) is -0.666. The van der Waals surface area contributed by atoms with Gasteiger partial charge in [-0.3, -0.25) is 0 Å². The fourth-order valence-electron chi connectivity index (χ4n) is 2.65. The van der Waals surface area contributed by atoms with Crippen molar-refractivity contribution < 1.29 is 14.6 Å². The number of rotatable bonds is 0. The summed E-state index contributed by atoms with van der Waals surface area (Å²) in [5, 5.41) is 10.0. The Morgan fingerprint density at radius 1 is 1.33 bits per heavy atom. The van der Waals surface area contributed by atoms with E-state index in [-0.39, 0.29) is 0 Å². The Morgan fingerprint density at radius 2 is 2.07 bits per heavy atom. The van der Waals surface area contributed by atoms with E-state index in [9.17, 15) is 5.11 Å². The topological polar surface area (TPSA) is 38.7 Å². The lowest BCUT2D eigenvalue weighted by molar-refractivity contribution is -0.174. The summed E-state index contributed by atoms with van der Waals surface area (Å²) in [6, 6.07) is 5.99. The summed E-state index contributed by atoms with van der Waals surface area (Å²) in [6.07, 6.45) is 0.0620. The van der Waals surface area contributed by atoms with E-state index >= 15 is 0 Å². The number of fused-ring (bicyclic) bond motifs is 2. The third-order valence-electron chi connectivity index (χ3n) is 3.28. The third kappa shape index (κ3) is 1.17. The molecule has 1 aromatic carbocycles. The van der Waals surface area contributed by atoms with Gasteiger partial charge in [0.25, 0.3) is 0 Å². The summed E-state index contributed by atoms with van der Waals surface area (Å²) >= 11 is 0. The van der Waals surface area contributed by atoms with E-state index < -0.39 is 11.9 Å². The first kappa shape index (κ1) is 9.33. The van der Waals surface area contributed by atoms with Crippen molar-refractivity contribution in [1.82, 2.24) is 0 Å². The molecule has 1 unspecified atom stereocenters. The highest BCUT2D eigenvalue weighted by molar-refractivity contribution is 5.43. The summed E-state index contributed by atoms with van der Waals surface area (Å²) in [4.78, 5) is 0. The standard InChI is InChI=1S/C12H14O3/c1-8-3-2-4-9-11(8)10(13)7-12(9)14-5-6-15-12/h2-4,10,13H,5-7H2,1H3. The zero-order chi connectivity index (χ0) is 10.5. The smallest absolute Gasteiger partial charge is 0.198 e. The molecule has 0 saturated carbocycles. The van der Waals surface area contributed by atoms with Crippen LogP contribution in [0.4, 0.5) is 0 Å². The van der Waals surface area contributed by atoms with Crippen LogP contribution in [0.1, 0.15) is 29.2 Å². The molecule has 1 fully saturated rings. The van der Waals surface area contributed by atoms with Crippen LogP contribution in [0, 0.1) is 6.92 Å². The molecule has 0 aromatic heterocycles. The number of hydrogen-bond donors (Lipinski definition) is 1. The zero-order valence-corrected chi connectivity index (χ0v) is 8.69. The van der Waals surface area contributed by atoms with E-state index in [1.54, 1.807) is 0 Å². The molecule has 3 nitrogen and oxygen atoms in total. The SMILES string of the molecule is Cc1cccc2c1C(O)CC21OCCO1. The van der Waals surface area contributed by atoms with Crippen molar-refractivity contribution in [2.24, 2.45) is 0 Å². The number of ether oxygens (including phenoxy) is 2. The van der Waals surface area contributed by atoms with Gasteiger partial charge in [0.05, 0.1) is 19.3 Å². The normalized spacial score (nSPS) is 27.2. The highest BCUT2D eigenvalue weighted by Gasteiger charge is 2.48. The van der Waals surface area contributed by atoms with Gasteiger partial charge in [0.2, 0.25) is 0 Å². The molecule has 3 heteroatoms. The Labute approximate surface area is 88.6 Å². The van der Waals surface area contributed by atoms with Gasteiger partial charge in [0, 0.05) is 12.0 Å². The van der Waals surface area contributed by atoms with Crippen LogP contribution < -0.4 is 0 Å². The van der Waals surface area contributed by atoms with Crippen molar-refractivity contribution in [2.75, 3.05) is 13.2 Å². The second-order valence-corrected chi connectivity index (χ2v) is 4.21. The monoisotopic (exact) mass is 206 g/mol. The van der Waals surface area contributed by atoms with Crippen LogP contribution in [0.15, 0.2) is 18.2 Å². The molecule has 1 N–H and O–H groups in total. The minimum Gasteiger partial charge on any atom is -0.388 e. The van der Waals surface area contributed by atoms with Crippen molar-refractivity contribution in [1.29, 1.82) is 0 Å². The number of aliphatic hydroxyl groups excluding tert-OH is 1. The molecular weight excluding hydrogens is 192 g/mol. The molecule has 2 aliphatic rings. The second kappa shape index (κ2) is 3.04. The quantitative estimate of drug-likeness (QED) is 0.701. The average molecular weight is 206 g/mol. The van der Waals surface area contributed by atoms with Crippen molar-refractivity contribution >= 4 is 0 Å². The van der Waals surface area contributed by atoms with E-state index in [1.807, 2.05) is 25.1 Å². The van der Waals surface area contributed by atoms with Crippen LogP contribution in [0.5, 0.6) is 0 Å². The van der Waals surface area contributed by atoms with Crippen molar-refractivity contribution in [3.8, 4) is 0 Å². The van der Waals surface area contributed by atoms with Gasteiger partial charge in [0.1, 0.15) is 0 Å². The van der Waals surface area contributed by atoms with Crippen molar-refractivity contribution in [2.45, 2.75) is 25.2 Å². The summed E-state index contributed by atoms with van der Waals surface area (Å²) in [7, 11) is 0. The van der Waals surface area contributed by atoms with Crippen molar-refractivity contribution in [3.05, 3.63) is 34.9 Å². The Balaban J connectivity index is 2.17. The second-order valence-electron chi connectivity index (χ2n) is 4.21. The summed E-state index contributed by atoms with van der Waals surface area (Å²) in [6.45, 7) is 3.23. The summed E-state index contributed by atoms with van der Waals surface area (Å²) in [5.41, 5.74) is 3.10. The van der Waals surface area contributed by atoms with Crippen LogP contribution in [0.2, 0.25) is 0 Å². The first-order valence-corrected chi connectivity index (χ1v) is 5.29. The molecular formula is C12H14O3. The molecule has 1 aromatic rings. The highest BCUT2D eigenvalue weighted by Crippen LogP contribution is 2.49. The lowest BCUT2D eigenvalue weighted by Gasteiger charge is -2.22. The average Bonchev–Trinajstić information content (AvgIpc) is 2.76. The lowest BCUT2D eigenvalue weighted by Crippen LogP contribution is -2.23. The number of benzene rings is 1. The Kier molecular flexibility index (Phi) is 1.89. The number of aryl methyl sites for hydroxylation is 1. The van der Waals surface area contributed by atoms with Gasteiger partial charge in [-0.2, -0.15) is 0 Å². The minimum atomic E-state index is -0.666. The predicted molar refractivity (Wildman–Crippen MR) is 54.3 cm³/mol. The molecule has 3 rings (SSSR count). The molecule has 1 heterocycles. The van der Waals surface area contributed by atoms with E-state index in [1.165, 1.54) is 0 Å². The maximum Gasteiger partial charge on any atom is 0.198 e. The molecule has 1 atom stereocenters. The first-order chi connectivity index (χ1) is 7.23. The molecule has 80 valence electrons. The van der Waals surface area contributed by atoms with Crippen LogP contribution in [-0.4, -0.2) is 18.3 Å². The first-order valence-electron chi connectivity index (χ1n) is 5.29. The molecule has 0 bridgehead atoms. The maximum absolute atomic E-state index is 10.0. The van der Waals surface area contributed by atoms with Gasteiger partial charge in [-0.05, 0) is 18.1 Å². The van der Waals surface area contributed by atoms with Crippen LogP contribution in [-0.2, 0) is 15.3 Å². The largest absolute Gasteiger partial charge is 0.388 e. The fourth-order valence-corrected chi connectivity index (χ4v) is 2.65. The molecule has 1 spiro atoms. The van der Waals surface area contributed by atoms with E-state index in [2.05, 4.69) is 0 Å². The third-order valence-corrected chi connectivity index (χ3v) is 3.28. The zero-order valence-electron chi connectivity index (χ0n) is 8.69. The van der Waals surface area contributed by atoms with Crippen LogP contribution in [0.3, 0.4) is 0 Å². The van der Waals surface area contributed by atoms with E-state index in [4.69, 9.17) is 9.47 Å². The number of aliphatic hydroxyl groups is 1. The molecule has 0 amide bonds. The van der Waals surface area contributed by atoms with Gasteiger partial charge in [-0.15, -0.1) is 0 Å². The van der Waals surface area contributed by atoms with Gasteiger partial charge < -0.3 is 14.6 Å². The van der Waals surface area contributed by atoms with Crippen LogP contribution >= 0.6 is 0 Å². The van der Waals surface area contributed by atoms with E-state index in [0.717, 1.165) is 16.7 Å². The minimum absolute atomic E-state index is 0.459. The predicted octanol–water partition coefficient (Wildman–Crippen LogP) is 1.63. The van der Waals surface area contributed by atoms with Gasteiger partial charge in [0.15, 0.2) is 5.79 Å². The Morgan fingerprint density at radius 3 is 2.80 bits per heavy atom. The Bertz CT molecular complexity index is 394. The Hall–Kier alpha value is -0.900. The molecule has 1 aliphatic carbocycles. The van der Waals surface area contributed by atoms with Gasteiger partial charge >= 0.3 is 0 Å². The lowest BCUT2D eigenvalue weighted by atomic mass is 10.0. The van der Waals surface area contributed by atoms with Crippen LogP contribution in [0.25, 0.3) is 0 Å². The van der Waals surface area contributed by atoms with Gasteiger partial charge in [-0.25, -0.2) is 0 Å². The molecule has 15 heavy (non-hydrogen) atoms. The molecule has 1 saturated heterocycles.